The summed E-state index contributed by atoms with van der Waals surface area (Å²) in [4.78, 5) is 51.2. The molecule has 0 saturated carbocycles. The Hall–Kier alpha value is -2.28. The lowest BCUT2D eigenvalue weighted by Crippen LogP contribution is -2.42. The maximum Gasteiger partial charge on any atom is 0.302 e. The van der Waals surface area contributed by atoms with Crippen molar-refractivity contribution in [3.05, 3.63) is 0 Å². The summed E-state index contributed by atoms with van der Waals surface area (Å²) in [5.41, 5.74) is 5.81. The minimum Gasteiger partial charge on any atom is -0.466 e. The van der Waals surface area contributed by atoms with E-state index in [-0.39, 0.29) is 23.9 Å². The Labute approximate surface area is 228 Å². The van der Waals surface area contributed by atoms with E-state index in [0.29, 0.717) is 45.8 Å². The minimum absolute atomic E-state index is 0.278. The molecule has 0 aliphatic carbocycles. The van der Waals surface area contributed by atoms with Gasteiger partial charge in [0.2, 0.25) is 0 Å². The Bertz CT molecular complexity index is 643. The summed E-state index contributed by atoms with van der Waals surface area (Å²) in [6, 6.07) is 0. The van der Waals surface area contributed by atoms with Gasteiger partial charge in [-0.15, -0.1) is 0 Å². The third kappa shape index (κ3) is 24.1. The topological polar surface area (TPSA) is 141 Å². The largest absolute Gasteiger partial charge is 0.466 e. The first-order valence-corrected chi connectivity index (χ1v) is 13.5. The predicted octanol–water partition coefficient (Wildman–Crippen LogP) is 0.664. The average Bonchev–Trinajstić information content (AvgIpc) is 2.84. The minimum atomic E-state index is -0.291. The second kappa shape index (κ2) is 23.8. The van der Waals surface area contributed by atoms with Gasteiger partial charge < -0.3 is 39.4 Å². The maximum absolute atomic E-state index is 11.1. The number of nitrogens with zero attached hydrogens (tertiary/aromatic N) is 3. The van der Waals surface area contributed by atoms with Gasteiger partial charge in [0.25, 0.3) is 0 Å². The van der Waals surface area contributed by atoms with Crippen LogP contribution in [0.5, 0.6) is 0 Å². The third-order valence-corrected chi connectivity index (χ3v) is 5.61. The van der Waals surface area contributed by atoms with Crippen molar-refractivity contribution >= 4 is 23.9 Å². The summed E-state index contributed by atoms with van der Waals surface area (Å²) in [6.45, 7) is 14.6. The van der Waals surface area contributed by atoms with Crippen molar-refractivity contribution in [1.82, 2.24) is 14.7 Å². The third-order valence-electron chi connectivity index (χ3n) is 5.61. The Kier molecular flexibility index (Phi) is 22.4. The van der Waals surface area contributed by atoms with Crippen molar-refractivity contribution in [3.8, 4) is 0 Å². The van der Waals surface area contributed by atoms with E-state index in [4.69, 9.17) is 24.7 Å². The summed E-state index contributed by atoms with van der Waals surface area (Å²) >= 11 is 0. The fourth-order valence-electron chi connectivity index (χ4n) is 3.77. The van der Waals surface area contributed by atoms with Crippen LogP contribution in [-0.4, -0.2) is 130 Å². The molecule has 0 bridgehead atoms. The molecule has 0 rings (SSSR count). The van der Waals surface area contributed by atoms with Gasteiger partial charge in [0.15, 0.2) is 0 Å². The van der Waals surface area contributed by atoms with Gasteiger partial charge in [-0.25, -0.2) is 0 Å². The molecule has 12 nitrogen and oxygen atoms in total. The number of carbonyl (C=O) groups is 4. The van der Waals surface area contributed by atoms with Gasteiger partial charge in [0, 0.05) is 93.1 Å². The van der Waals surface area contributed by atoms with Crippen LogP contribution >= 0.6 is 0 Å². The molecule has 0 amide bonds. The zero-order valence-electron chi connectivity index (χ0n) is 23.9. The summed E-state index contributed by atoms with van der Waals surface area (Å²) in [5.74, 6) is -1.15. The highest BCUT2D eigenvalue weighted by Crippen LogP contribution is 2.02. The summed E-state index contributed by atoms with van der Waals surface area (Å²) in [7, 11) is 0. The van der Waals surface area contributed by atoms with E-state index >= 15 is 0 Å². The van der Waals surface area contributed by atoms with E-state index in [1.165, 1.54) is 27.7 Å². The van der Waals surface area contributed by atoms with Crippen LogP contribution in [0.3, 0.4) is 0 Å². The molecule has 0 radical (unpaired) electrons. The van der Waals surface area contributed by atoms with E-state index < -0.39 is 0 Å². The Morgan fingerprint density at radius 3 is 0.921 bits per heavy atom. The molecule has 0 atom stereocenters. The van der Waals surface area contributed by atoms with E-state index in [0.717, 1.165) is 71.7 Å². The molecule has 0 saturated heterocycles. The van der Waals surface area contributed by atoms with Crippen molar-refractivity contribution in [3.63, 3.8) is 0 Å². The zero-order chi connectivity index (χ0) is 28.6. The number of hydrogen-bond acceptors (Lipinski definition) is 12. The molecule has 0 aliphatic heterocycles. The molecule has 0 aromatic heterocycles. The van der Waals surface area contributed by atoms with E-state index in [1.807, 2.05) is 0 Å². The van der Waals surface area contributed by atoms with Gasteiger partial charge in [-0.2, -0.15) is 0 Å². The van der Waals surface area contributed by atoms with Crippen LogP contribution in [0.15, 0.2) is 0 Å². The van der Waals surface area contributed by atoms with Crippen LogP contribution in [0.2, 0.25) is 0 Å². The summed E-state index contributed by atoms with van der Waals surface area (Å²) < 4.78 is 20.3. The van der Waals surface area contributed by atoms with Crippen LogP contribution in [0.4, 0.5) is 0 Å². The molecular weight excluding hydrogens is 496 g/mol. The molecule has 0 aliphatic rings. The number of hydrogen-bond donors (Lipinski definition) is 1. The van der Waals surface area contributed by atoms with Crippen molar-refractivity contribution in [2.45, 2.75) is 53.4 Å². The van der Waals surface area contributed by atoms with Gasteiger partial charge in [-0.05, 0) is 25.7 Å². The summed E-state index contributed by atoms with van der Waals surface area (Å²) in [6.07, 6.45) is 2.89. The highest BCUT2D eigenvalue weighted by molar-refractivity contribution is 5.66. The van der Waals surface area contributed by atoms with Crippen LogP contribution in [-0.2, 0) is 38.1 Å². The Morgan fingerprint density at radius 2 is 0.684 bits per heavy atom. The first-order valence-electron chi connectivity index (χ1n) is 13.5. The smallest absolute Gasteiger partial charge is 0.302 e. The molecule has 38 heavy (non-hydrogen) atoms. The number of rotatable bonds is 24. The van der Waals surface area contributed by atoms with Gasteiger partial charge in [0.05, 0.1) is 26.4 Å². The highest BCUT2D eigenvalue weighted by atomic mass is 16.5. The van der Waals surface area contributed by atoms with Crippen LogP contribution in [0, 0.1) is 0 Å². The second-order valence-electron chi connectivity index (χ2n) is 9.09. The van der Waals surface area contributed by atoms with Crippen molar-refractivity contribution in [1.29, 1.82) is 0 Å². The fourth-order valence-corrected chi connectivity index (χ4v) is 3.77. The first kappa shape index (κ1) is 35.7. The molecule has 0 fully saturated rings. The molecule has 0 unspecified atom stereocenters. The molecule has 0 spiro atoms. The molecule has 222 valence electrons. The zero-order valence-corrected chi connectivity index (χ0v) is 23.9. The standard InChI is InChI=1S/C26H50N4O8/c1-23(31)35-19-5-10-28(11-6-20-36-24(2)32)15-17-30(13-8-22-38-26(4)34)18-16-29(14-9-27)12-7-21-37-25(3)33/h5-22,27H2,1-4H3. The molecular formula is C26H50N4O8. The highest BCUT2D eigenvalue weighted by Gasteiger charge is 2.13. The predicted molar refractivity (Wildman–Crippen MR) is 143 cm³/mol. The number of esters is 4. The quantitative estimate of drug-likeness (QED) is 0.103. The van der Waals surface area contributed by atoms with Crippen molar-refractivity contribution < 1.29 is 38.1 Å². The molecule has 2 N–H and O–H groups in total. The van der Waals surface area contributed by atoms with Gasteiger partial charge in [-0.3, -0.25) is 19.2 Å². The fraction of sp³-hybridized carbons (Fsp3) is 0.846. The average molecular weight is 547 g/mol. The Morgan fingerprint density at radius 1 is 0.447 bits per heavy atom. The lowest BCUT2D eigenvalue weighted by Gasteiger charge is -2.30. The molecule has 0 heterocycles. The molecule has 0 aromatic rings. The normalized spacial score (nSPS) is 11.2. The molecule has 12 heteroatoms. The van der Waals surface area contributed by atoms with Gasteiger partial charge in [-0.1, -0.05) is 0 Å². The maximum atomic E-state index is 11.1. The SMILES string of the molecule is CC(=O)OCCCN(CCN)CCN(CCCOC(C)=O)CCN(CCCOC(C)=O)CCCOC(C)=O. The lowest BCUT2D eigenvalue weighted by atomic mass is 10.3. The molecule has 0 aromatic carbocycles. The van der Waals surface area contributed by atoms with Crippen molar-refractivity contribution in [2.24, 2.45) is 5.73 Å². The van der Waals surface area contributed by atoms with Crippen LogP contribution in [0.25, 0.3) is 0 Å². The monoisotopic (exact) mass is 546 g/mol. The van der Waals surface area contributed by atoms with Gasteiger partial charge >= 0.3 is 23.9 Å². The van der Waals surface area contributed by atoms with Crippen LogP contribution in [0.1, 0.15) is 53.4 Å². The first-order chi connectivity index (χ1) is 18.1. The van der Waals surface area contributed by atoms with E-state index in [9.17, 15) is 19.2 Å². The van der Waals surface area contributed by atoms with Crippen molar-refractivity contribution in [2.75, 3.05) is 91.9 Å². The van der Waals surface area contributed by atoms with E-state index in [2.05, 4.69) is 14.7 Å². The number of ether oxygens (including phenoxy) is 4. The summed E-state index contributed by atoms with van der Waals surface area (Å²) in [5, 5.41) is 0. The van der Waals surface area contributed by atoms with E-state index in [1.54, 1.807) is 0 Å². The van der Waals surface area contributed by atoms with Crippen LogP contribution < -0.4 is 5.73 Å². The number of carbonyl (C=O) groups excluding carboxylic acids is 4. The lowest BCUT2D eigenvalue weighted by molar-refractivity contribution is -0.142. The Balaban J connectivity index is 4.95. The van der Waals surface area contributed by atoms with Gasteiger partial charge in [0.1, 0.15) is 0 Å². The number of nitrogens with two attached hydrogens (primary N) is 1. The second-order valence-corrected chi connectivity index (χ2v) is 9.09.